The van der Waals surface area contributed by atoms with Crippen LogP contribution in [0, 0.1) is 0 Å². The first-order valence-corrected chi connectivity index (χ1v) is 3.22. The van der Waals surface area contributed by atoms with E-state index >= 15 is 0 Å². The topological polar surface area (TPSA) is 9.23 Å². The van der Waals surface area contributed by atoms with Crippen molar-refractivity contribution in [2.75, 3.05) is 12.4 Å². The molecule has 0 rings (SSSR count). The molecule has 0 aliphatic heterocycles. The van der Waals surface area contributed by atoms with Crippen LogP contribution >= 0.6 is 37.5 Å². The molecule has 0 saturated heterocycles. The Hall–Kier alpha value is 1.59. The van der Waals surface area contributed by atoms with Gasteiger partial charge in [-0.15, -0.1) is 0 Å². The van der Waals surface area contributed by atoms with E-state index in [2.05, 4.69) is 37.5 Å². The zero-order chi connectivity index (χ0) is 5.70. The molecule has 8 heavy (non-hydrogen) atoms. The van der Waals surface area contributed by atoms with Gasteiger partial charge in [-0.3, -0.25) is 0 Å². The van der Waals surface area contributed by atoms with Crippen LogP contribution in [-0.2, 0) is 4.74 Å². The third kappa shape index (κ3) is 10.5. The van der Waals surface area contributed by atoms with E-state index in [4.69, 9.17) is 4.74 Å². The van der Waals surface area contributed by atoms with Crippen LogP contribution in [0.25, 0.3) is 0 Å². The summed E-state index contributed by atoms with van der Waals surface area (Å²) in [6.07, 6.45) is 0. The van der Waals surface area contributed by atoms with Crippen molar-refractivity contribution in [2.45, 2.75) is 0 Å². The molecular formula is C3H6NaOS3+. The van der Waals surface area contributed by atoms with Gasteiger partial charge in [0.2, 0.25) is 4.38 Å². The van der Waals surface area contributed by atoms with E-state index in [-0.39, 0.29) is 33.9 Å². The van der Waals surface area contributed by atoms with E-state index in [0.717, 1.165) is 0 Å². The van der Waals surface area contributed by atoms with Crippen molar-refractivity contribution in [2.24, 2.45) is 0 Å². The number of hydrogen-bond donors (Lipinski definition) is 2. The summed E-state index contributed by atoms with van der Waals surface area (Å²) in [5, 5.41) is 0. The Kier molecular flexibility index (Phi) is 13.2. The average Bonchev–Trinajstić information content (AvgIpc) is 1.61. The number of hydrogen-bond acceptors (Lipinski definition) is 3. The van der Waals surface area contributed by atoms with Crippen LogP contribution in [0.3, 0.4) is 0 Å². The summed E-state index contributed by atoms with van der Waals surface area (Å²) in [5.41, 5.74) is 0. The molecule has 0 aliphatic carbocycles. The molecule has 0 unspecified atom stereocenters. The van der Waals surface area contributed by atoms with Crippen molar-refractivity contribution in [1.29, 1.82) is 0 Å². The van der Waals surface area contributed by atoms with Gasteiger partial charge in [0, 0.05) is 5.75 Å². The first kappa shape index (κ1) is 12.3. The average molecular weight is 177 g/mol. The standard InChI is InChI=1S/C3H6OS3.Na/c5-2-1-4-3(6)7;/h5H,1-2H2,(H,6,7);/q;+1. The molecule has 5 heteroatoms. The minimum atomic E-state index is 0. The molecule has 0 bridgehead atoms. The van der Waals surface area contributed by atoms with Gasteiger partial charge in [0.05, 0.1) is 6.61 Å². The van der Waals surface area contributed by atoms with Gasteiger partial charge in [0.1, 0.15) is 0 Å². The Morgan fingerprint density at radius 3 is 2.25 bits per heavy atom. The summed E-state index contributed by atoms with van der Waals surface area (Å²) in [5.74, 6) is 0.681. The van der Waals surface area contributed by atoms with Crippen molar-refractivity contribution in [3.05, 3.63) is 0 Å². The van der Waals surface area contributed by atoms with Crippen molar-refractivity contribution in [1.82, 2.24) is 0 Å². The van der Waals surface area contributed by atoms with Crippen LogP contribution in [-0.4, -0.2) is 16.7 Å². The van der Waals surface area contributed by atoms with Gasteiger partial charge in [0.15, 0.2) is 0 Å². The fraction of sp³-hybridized carbons (Fsp3) is 0.667. The molecular weight excluding hydrogens is 171 g/mol. The second kappa shape index (κ2) is 8.59. The molecule has 0 N–H and O–H groups in total. The Morgan fingerprint density at radius 1 is 1.62 bits per heavy atom. The first-order chi connectivity index (χ1) is 3.27. The molecule has 0 aromatic carbocycles. The summed E-state index contributed by atoms with van der Waals surface area (Å²) in [4.78, 5) is 0. The minimum Gasteiger partial charge on any atom is -0.478 e. The SMILES string of the molecule is S=C(S)OCCS.[Na+]. The maximum absolute atomic E-state index is 4.71. The Bertz CT molecular complexity index is 67.5. The third-order valence-electron chi connectivity index (χ3n) is 0.317. The zero-order valence-corrected chi connectivity index (χ0v) is 9.23. The van der Waals surface area contributed by atoms with Crippen molar-refractivity contribution in [3.8, 4) is 0 Å². The number of ether oxygens (including phenoxy) is 1. The van der Waals surface area contributed by atoms with Crippen molar-refractivity contribution >= 4 is 41.9 Å². The van der Waals surface area contributed by atoms with Gasteiger partial charge < -0.3 is 4.74 Å². The van der Waals surface area contributed by atoms with Crippen molar-refractivity contribution < 1.29 is 34.3 Å². The normalized spacial score (nSPS) is 7.25. The van der Waals surface area contributed by atoms with Crippen LogP contribution in [0.5, 0.6) is 0 Å². The maximum atomic E-state index is 4.71. The van der Waals surface area contributed by atoms with Crippen LogP contribution in [0.15, 0.2) is 0 Å². The summed E-state index contributed by atoms with van der Waals surface area (Å²) in [6, 6.07) is 0. The van der Waals surface area contributed by atoms with E-state index in [1.165, 1.54) is 0 Å². The van der Waals surface area contributed by atoms with Gasteiger partial charge in [0.25, 0.3) is 0 Å². The molecule has 0 heterocycles. The Labute approximate surface area is 87.7 Å². The van der Waals surface area contributed by atoms with Crippen LogP contribution in [0.4, 0.5) is 0 Å². The first-order valence-electron chi connectivity index (χ1n) is 1.74. The molecule has 0 atom stereocenters. The van der Waals surface area contributed by atoms with Gasteiger partial charge in [-0.2, -0.15) is 12.6 Å². The van der Waals surface area contributed by atoms with Gasteiger partial charge in [-0.25, -0.2) is 0 Å². The maximum Gasteiger partial charge on any atom is 1.00 e. The minimum absolute atomic E-state index is 0. The predicted octanol–water partition coefficient (Wildman–Crippen LogP) is -1.85. The summed E-state index contributed by atoms with van der Waals surface area (Å²) in [7, 11) is 0. The molecule has 0 saturated carbocycles. The Balaban J connectivity index is 0. The van der Waals surface area contributed by atoms with Crippen molar-refractivity contribution in [3.63, 3.8) is 0 Å². The van der Waals surface area contributed by atoms with Crippen LogP contribution in [0.2, 0.25) is 0 Å². The van der Waals surface area contributed by atoms with Gasteiger partial charge in [-0.1, -0.05) is 12.6 Å². The van der Waals surface area contributed by atoms with E-state index in [1.54, 1.807) is 0 Å². The predicted molar refractivity (Wildman–Crippen MR) is 41.4 cm³/mol. The van der Waals surface area contributed by atoms with E-state index in [9.17, 15) is 0 Å². The fourth-order valence-electron chi connectivity index (χ4n) is 0.133. The largest absolute Gasteiger partial charge is 1.00 e. The van der Waals surface area contributed by atoms with E-state index in [0.29, 0.717) is 12.4 Å². The van der Waals surface area contributed by atoms with Crippen LogP contribution in [0.1, 0.15) is 0 Å². The second-order valence-corrected chi connectivity index (χ2v) is 2.36. The summed E-state index contributed by atoms with van der Waals surface area (Å²) >= 11 is 12.1. The molecule has 0 aromatic heterocycles. The quantitative estimate of drug-likeness (QED) is 0.291. The van der Waals surface area contributed by atoms with E-state index < -0.39 is 0 Å². The molecule has 0 amide bonds. The molecule has 0 aliphatic rings. The molecule has 42 valence electrons. The third-order valence-corrected chi connectivity index (χ3v) is 0.746. The summed E-state index contributed by atoms with van der Waals surface area (Å²) < 4.78 is 5.00. The number of thiol groups is 2. The second-order valence-electron chi connectivity index (χ2n) is 0.838. The van der Waals surface area contributed by atoms with E-state index in [1.807, 2.05) is 0 Å². The van der Waals surface area contributed by atoms with Gasteiger partial charge in [-0.05, 0) is 12.2 Å². The molecule has 0 aromatic rings. The molecule has 1 nitrogen and oxygen atoms in total. The van der Waals surface area contributed by atoms with Gasteiger partial charge >= 0.3 is 29.6 Å². The molecule has 0 radical (unpaired) electrons. The Morgan fingerprint density at radius 2 is 2.12 bits per heavy atom. The smallest absolute Gasteiger partial charge is 0.478 e. The zero-order valence-electron chi connectivity index (χ0n) is 4.63. The molecule has 0 spiro atoms. The fourth-order valence-corrected chi connectivity index (χ4v) is 0.399. The van der Waals surface area contributed by atoms with Crippen LogP contribution < -0.4 is 29.6 Å². The monoisotopic (exact) mass is 177 g/mol. The number of rotatable bonds is 2. The number of thiocarbonyl (C=S) groups is 1. The molecule has 0 fully saturated rings. The summed E-state index contributed by atoms with van der Waals surface area (Å²) in [6.45, 7) is 0.547.